The van der Waals surface area contributed by atoms with Crippen LogP contribution in [0.15, 0.2) is 59.3 Å². The first-order chi connectivity index (χ1) is 20.2. The molecule has 0 spiro atoms. The van der Waals surface area contributed by atoms with E-state index >= 15 is 0 Å². The number of aliphatic hydroxyl groups is 1. The van der Waals surface area contributed by atoms with E-state index in [9.17, 15) is 22.3 Å². The number of β-amino-alcohol motifs (C(OH)–C–C–N with tert-alkyl or cyclic N) is 1. The molecule has 1 unspecified atom stereocenters. The standard InChI is InChI=1S/C30H34F2N6O3S/c31-23-3-1-20(2-4-23)29(37-11-9-25(39)18-37)30-14-21-15-34-35-27(21)13-22(30)7-12-38(19-30)42(40,41)26-5-6-28(33-16-26)36-10-8-24(32)17-36/h1-6,13,15-16,24-25,29,39H,7-12,14,17-19H2,(H,34,35)/t24-,25+,29?,30-/m1/s1. The van der Waals surface area contributed by atoms with Crippen molar-refractivity contribution in [1.29, 1.82) is 0 Å². The molecule has 9 nitrogen and oxygen atoms in total. The molecule has 2 aromatic heterocycles. The highest BCUT2D eigenvalue weighted by molar-refractivity contribution is 7.89. The number of piperidine rings is 1. The first-order valence-electron chi connectivity index (χ1n) is 14.5. The number of rotatable bonds is 6. The molecular weight excluding hydrogens is 562 g/mol. The van der Waals surface area contributed by atoms with Crippen LogP contribution in [0.2, 0.25) is 0 Å². The minimum Gasteiger partial charge on any atom is -0.392 e. The van der Waals surface area contributed by atoms with E-state index in [0.717, 1.165) is 22.4 Å². The number of hydrogen-bond donors (Lipinski definition) is 2. The van der Waals surface area contributed by atoms with Gasteiger partial charge in [-0.15, -0.1) is 0 Å². The van der Waals surface area contributed by atoms with Gasteiger partial charge in [0.2, 0.25) is 10.0 Å². The molecular formula is C30H34F2N6O3S. The van der Waals surface area contributed by atoms with Crippen molar-refractivity contribution in [3.8, 4) is 0 Å². The van der Waals surface area contributed by atoms with E-state index in [4.69, 9.17) is 0 Å². The van der Waals surface area contributed by atoms with E-state index in [2.05, 4.69) is 26.2 Å². The highest BCUT2D eigenvalue weighted by Crippen LogP contribution is 2.54. The highest BCUT2D eigenvalue weighted by Gasteiger charge is 2.53. The number of halogens is 2. The van der Waals surface area contributed by atoms with Crippen molar-refractivity contribution >= 4 is 21.9 Å². The first-order valence-corrected chi connectivity index (χ1v) is 15.9. The third-order valence-corrected chi connectivity index (χ3v) is 11.2. The number of aromatic nitrogens is 3. The molecule has 7 rings (SSSR count). The van der Waals surface area contributed by atoms with Crippen molar-refractivity contribution in [3.63, 3.8) is 0 Å². The van der Waals surface area contributed by atoms with Gasteiger partial charge in [-0.05, 0) is 67.2 Å². The molecule has 0 bridgehead atoms. The summed E-state index contributed by atoms with van der Waals surface area (Å²) < 4.78 is 57.6. The summed E-state index contributed by atoms with van der Waals surface area (Å²) >= 11 is 0. The molecule has 222 valence electrons. The largest absolute Gasteiger partial charge is 0.392 e. The average Bonchev–Trinajstić information content (AvgIpc) is 3.74. The van der Waals surface area contributed by atoms with Crippen molar-refractivity contribution in [3.05, 3.63) is 77.0 Å². The smallest absolute Gasteiger partial charge is 0.244 e. The fourth-order valence-electron chi connectivity index (χ4n) is 7.35. The fraction of sp³-hybridized carbons (Fsp3) is 0.467. The van der Waals surface area contributed by atoms with Gasteiger partial charge >= 0.3 is 0 Å². The van der Waals surface area contributed by atoms with Crippen LogP contribution in [0, 0.1) is 11.2 Å². The summed E-state index contributed by atoms with van der Waals surface area (Å²) in [6.07, 6.45) is 5.99. The maximum atomic E-state index is 14.1. The third kappa shape index (κ3) is 4.74. The molecule has 42 heavy (non-hydrogen) atoms. The van der Waals surface area contributed by atoms with Gasteiger partial charge in [0.05, 0.1) is 24.5 Å². The van der Waals surface area contributed by atoms with Crippen LogP contribution in [-0.2, 0) is 16.4 Å². The van der Waals surface area contributed by atoms with Crippen molar-refractivity contribution in [2.75, 3.05) is 44.2 Å². The number of alkyl halides is 1. The quantitative estimate of drug-likeness (QED) is 0.450. The fourth-order valence-corrected chi connectivity index (χ4v) is 8.81. The summed E-state index contributed by atoms with van der Waals surface area (Å²) in [5.41, 5.74) is 3.24. The molecule has 5 heterocycles. The summed E-state index contributed by atoms with van der Waals surface area (Å²) in [6.45, 7) is 2.41. The van der Waals surface area contributed by atoms with E-state index < -0.39 is 27.7 Å². The zero-order valence-electron chi connectivity index (χ0n) is 23.2. The molecule has 1 aliphatic carbocycles. The number of H-pyrrole nitrogens is 1. The summed E-state index contributed by atoms with van der Waals surface area (Å²) in [5.74, 6) is 0.228. The molecule has 3 aromatic rings. The van der Waals surface area contributed by atoms with Crippen LogP contribution in [0.3, 0.4) is 0 Å². The van der Waals surface area contributed by atoms with Gasteiger partial charge in [0, 0.05) is 50.4 Å². The van der Waals surface area contributed by atoms with Crippen LogP contribution in [0.5, 0.6) is 0 Å². The number of hydrogen-bond acceptors (Lipinski definition) is 7. The summed E-state index contributed by atoms with van der Waals surface area (Å²) in [7, 11) is -3.92. The van der Waals surface area contributed by atoms with Gasteiger partial charge in [-0.2, -0.15) is 9.40 Å². The topological polar surface area (TPSA) is 106 Å². The van der Waals surface area contributed by atoms with Crippen LogP contribution in [-0.4, -0.2) is 89.5 Å². The number of likely N-dealkylation sites (tertiary alicyclic amines) is 1. The molecule has 0 amide bonds. The van der Waals surface area contributed by atoms with E-state index in [-0.39, 0.29) is 29.8 Å². The van der Waals surface area contributed by atoms with Gasteiger partial charge in [-0.1, -0.05) is 17.7 Å². The summed E-state index contributed by atoms with van der Waals surface area (Å²) in [4.78, 5) is 8.54. The lowest BCUT2D eigenvalue weighted by Gasteiger charge is -2.53. The van der Waals surface area contributed by atoms with Gasteiger partial charge in [0.15, 0.2) is 0 Å². The Morgan fingerprint density at radius 2 is 1.88 bits per heavy atom. The first kappa shape index (κ1) is 27.6. The second kappa shape index (κ2) is 10.5. The molecule has 4 aliphatic rings. The van der Waals surface area contributed by atoms with Gasteiger partial charge in [-0.25, -0.2) is 22.2 Å². The van der Waals surface area contributed by atoms with Gasteiger partial charge < -0.3 is 10.0 Å². The number of nitrogens with zero attached hydrogens (tertiary/aromatic N) is 5. The van der Waals surface area contributed by atoms with Gasteiger partial charge in [-0.3, -0.25) is 10.00 Å². The lowest BCUT2D eigenvalue weighted by atomic mass is 9.62. The maximum absolute atomic E-state index is 14.1. The number of anilines is 1. The molecule has 3 saturated heterocycles. The number of sulfonamides is 1. The van der Waals surface area contributed by atoms with Crippen LogP contribution in [0.25, 0.3) is 6.08 Å². The second-order valence-electron chi connectivity index (χ2n) is 12.0. The van der Waals surface area contributed by atoms with Crippen molar-refractivity contribution in [2.45, 2.75) is 48.9 Å². The Morgan fingerprint density at radius 3 is 2.57 bits per heavy atom. The predicted octanol–water partition coefficient (Wildman–Crippen LogP) is 3.32. The van der Waals surface area contributed by atoms with Crippen LogP contribution < -0.4 is 4.90 Å². The number of nitrogens with one attached hydrogen (secondary N) is 1. The van der Waals surface area contributed by atoms with E-state index in [1.165, 1.54) is 18.3 Å². The average molecular weight is 597 g/mol. The maximum Gasteiger partial charge on any atom is 0.244 e. The molecule has 12 heteroatoms. The molecule has 0 saturated carbocycles. The predicted molar refractivity (Wildman–Crippen MR) is 153 cm³/mol. The highest BCUT2D eigenvalue weighted by atomic mass is 32.2. The number of benzene rings is 1. The minimum atomic E-state index is -3.92. The summed E-state index contributed by atoms with van der Waals surface area (Å²) in [6, 6.07) is 9.35. The number of aliphatic hydroxyl groups excluding tert-OH is 1. The SMILES string of the molecule is O=S(=O)(c1ccc(N2CC[C@@H](F)C2)nc1)N1CCC2=Cc3[nH]ncc3C[C@@]2(C(c2ccc(F)cc2)N2CC[C@H](O)C2)C1. The Balaban J connectivity index is 1.28. The molecule has 1 aromatic carbocycles. The van der Waals surface area contributed by atoms with Crippen LogP contribution >= 0.6 is 0 Å². The number of fused-ring (bicyclic) bond motifs is 2. The zero-order chi connectivity index (χ0) is 29.1. The van der Waals surface area contributed by atoms with Crippen molar-refractivity contribution < 1.29 is 22.3 Å². The zero-order valence-corrected chi connectivity index (χ0v) is 24.0. The Morgan fingerprint density at radius 1 is 1.05 bits per heavy atom. The monoisotopic (exact) mass is 596 g/mol. The lowest BCUT2D eigenvalue weighted by molar-refractivity contribution is 0.0600. The lowest BCUT2D eigenvalue weighted by Crippen LogP contribution is -2.55. The van der Waals surface area contributed by atoms with Crippen LogP contribution in [0.4, 0.5) is 14.6 Å². The number of pyridine rings is 1. The minimum absolute atomic E-state index is 0.0968. The summed E-state index contributed by atoms with van der Waals surface area (Å²) in [5, 5.41) is 17.9. The van der Waals surface area contributed by atoms with E-state index in [1.54, 1.807) is 34.8 Å². The van der Waals surface area contributed by atoms with Gasteiger partial charge in [0.1, 0.15) is 22.7 Å². The molecule has 0 radical (unpaired) electrons. The Hall–Kier alpha value is -3.19. The normalized spacial score (nSPS) is 27.5. The number of aromatic amines is 1. The Bertz CT molecular complexity index is 1600. The molecule has 2 N–H and O–H groups in total. The van der Waals surface area contributed by atoms with Crippen LogP contribution in [0.1, 0.15) is 42.1 Å². The Labute approximate surface area is 243 Å². The van der Waals surface area contributed by atoms with Crippen molar-refractivity contribution in [2.24, 2.45) is 5.41 Å². The second-order valence-corrected chi connectivity index (χ2v) is 13.9. The van der Waals surface area contributed by atoms with Gasteiger partial charge in [0.25, 0.3) is 0 Å². The van der Waals surface area contributed by atoms with E-state index in [0.29, 0.717) is 57.7 Å². The van der Waals surface area contributed by atoms with Crippen molar-refractivity contribution in [1.82, 2.24) is 24.4 Å². The third-order valence-electron chi connectivity index (χ3n) is 9.39. The molecule has 3 aliphatic heterocycles. The van der Waals surface area contributed by atoms with E-state index in [1.807, 2.05) is 4.90 Å². The Kier molecular flexibility index (Phi) is 6.92. The molecule has 4 atom stereocenters. The molecule has 3 fully saturated rings.